The topological polar surface area (TPSA) is 52.3 Å². The largest absolute Gasteiger partial charge is 0.410 e. The van der Waals surface area contributed by atoms with Gasteiger partial charge in [-0.1, -0.05) is 15.9 Å². The lowest BCUT2D eigenvalue weighted by molar-refractivity contribution is 0.208. The van der Waals surface area contributed by atoms with Crippen molar-refractivity contribution in [3.05, 3.63) is 28.0 Å². The molecule has 1 amide bonds. The van der Waals surface area contributed by atoms with Gasteiger partial charge in [0, 0.05) is 15.9 Å². The van der Waals surface area contributed by atoms with E-state index in [2.05, 4.69) is 20.7 Å². The number of benzene rings is 1. The highest BCUT2D eigenvalue weighted by Crippen LogP contribution is 2.28. The van der Waals surface area contributed by atoms with Crippen LogP contribution in [0, 0.1) is 5.82 Å². The molecule has 88 valence electrons. The number of ether oxygens (including phenoxy) is 1. The van der Waals surface area contributed by atoms with Crippen LogP contribution in [0.15, 0.2) is 16.6 Å². The van der Waals surface area contributed by atoms with Gasteiger partial charge in [-0.05, 0) is 25.0 Å². The molecule has 0 heterocycles. The summed E-state index contributed by atoms with van der Waals surface area (Å²) in [7, 11) is 0. The molecule has 0 bridgehead atoms. The summed E-state index contributed by atoms with van der Waals surface area (Å²) in [5, 5.41) is 0. The highest BCUT2D eigenvalue weighted by Gasteiger charge is 2.14. The molecule has 0 aromatic heterocycles. The van der Waals surface area contributed by atoms with Gasteiger partial charge in [-0.2, -0.15) is 0 Å². The summed E-state index contributed by atoms with van der Waals surface area (Å²) in [5.74, 6) is -0.314. The molecule has 0 spiro atoms. The lowest BCUT2D eigenvalue weighted by Crippen LogP contribution is -2.17. The van der Waals surface area contributed by atoms with Crippen molar-refractivity contribution in [3.8, 4) is 5.75 Å². The normalized spacial score (nSPS) is 10.2. The van der Waals surface area contributed by atoms with Crippen LogP contribution in [0.25, 0.3) is 0 Å². The fourth-order valence-corrected chi connectivity index (χ4v) is 1.87. The van der Waals surface area contributed by atoms with Gasteiger partial charge in [-0.3, -0.25) is 0 Å². The number of halogens is 3. The SMILES string of the molecule is NC(=O)Oc1ccc(Br)c(CCCCl)c1F. The minimum atomic E-state index is -1.04. The number of hydrogen-bond acceptors (Lipinski definition) is 2. The van der Waals surface area contributed by atoms with Gasteiger partial charge in [-0.15, -0.1) is 11.6 Å². The zero-order chi connectivity index (χ0) is 12.1. The van der Waals surface area contributed by atoms with Crippen LogP contribution in [0.3, 0.4) is 0 Å². The van der Waals surface area contributed by atoms with Crippen molar-refractivity contribution >= 4 is 33.6 Å². The number of hydrogen-bond donors (Lipinski definition) is 1. The zero-order valence-electron chi connectivity index (χ0n) is 8.30. The third kappa shape index (κ3) is 3.35. The Morgan fingerprint density at radius 3 is 2.81 bits per heavy atom. The standard InChI is InChI=1S/C10H10BrClFNO2/c11-7-3-4-8(16-10(14)15)9(13)6(7)2-1-5-12/h3-4H,1-2,5H2,(H2,14,15). The highest BCUT2D eigenvalue weighted by molar-refractivity contribution is 9.10. The first kappa shape index (κ1) is 13.3. The van der Waals surface area contributed by atoms with Crippen molar-refractivity contribution in [1.29, 1.82) is 0 Å². The van der Waals surface area contributed by atoms with Crippen LogP contribution < -0.4 is 10.5 Å². The third-order valence-corrected chi connectivity index (χ3v) is 2.93. The number of alkyl halides is 1. The van der Waals surface area contributed by atoms with Gasteiger partial charge in [0.2, 0.25) is 0 Å². The van der Waals surface area contributed by atoms with Gasteiger partial charge in [0.1, 0.15) is 0 Å². The molecule has 6 heteroatoms. The van der Waals surface area contributed by atoms with E-state index in [1.54, 1.807) is 6.07 Å². The van der Waals surface area contributed by atoms with Crippen molar-refractivity contribution in [2.45, 2.75) is 12.8 Å². The van der Waals surface area contributed by atoms with Gasteiger partial charge in [0.05, 0.1) is 0 Å². The van der Waals surface area contributed by atoms with E-state index in [0.717, 1.165) is 0 Å². The number of carbonyl (C=O) groups is 1. The summed E-state index contributed by atoms with van der Waals surface area (Å²) in [4.78, 5) is 10.5. The monoisotopic (exact) mass is 309 g/mol. The minimum Gasteiger partial charge on any atom is -0.407 e. The first-order valence-electron chi connectivity index (χ1n) is 4.56. The molecule has 0 fully saturated rings. The summed E-state index contributed by atoms with van der Waals surface area (Å²) in [6.07, 6.45) is 0.0627. The Balaban J connectivity index is 3.01. The molecule has 0 atom stereocenters. The number of carbonyl (C=O) groups excluding carboxylic acids is 1. The lowest BCUT2D eigenvalue weighted by atomic mass is 10.1. The molecule has 0 aliphatic carbocycles. The lowest BCUT2D eigenvalue weighted by Gasteiger charge is -2.09. The van der Waals surface area contributed by atoms with Gasteiger partial charge in [0.25, 0.3) is 0 Å². The van der Waals surface area contributed by atoms with Crippen molar-refractivity contribution in [2.24, 2.45) is 5.73 Å². The molecule has 3 nitrogen and oxygen atoms in total. The second-order valence-electron chi connectivity index (χ2n) is 3.05. The van der Waals surface area contributed by atoms with Crippen LogP contribution in [0.5, 0.6) is 5.75 Å². The molecule has 0 radical (unpaired) electrons. The van der Waals surface area contributed by atoms with E-state index in [0.29, 0.717) is 28.8 Å². The molecule has 0 saturated heterocycles. The Kier molecular flexibility index (Phi) is 5.02. The maximum absolute atomic E-state index is 13.8. The van der Waals surface area contributed by atoms with Crippen molar-refractivity contribution in [3.63, 3.8) is 0 Å². The van der Waals surface area contributed by atoms with E-state index < -0.39 is 11.9 Å². The average molecular weight is 311 g/mol. The van der Waals surface area contributed by atoms with Gasteiger partial charge in [0.15, 0.2) is 11.6 Å². The summed E-state index contributed by atoms with van der Waals surface area (Å²) in [5.41, 5.74) is 5.25. The van der Waals surface area contributed by atoms with Gasteiger partial charge < -0.3 is 10.5 Å². The Bertz CT molecular complexity index is 401. The molecular formula is C10H10BrClFNO2. The van der Waals surface area contributed by atoms with Crippen LogP contribution in [0.4, 0.5) is 9.18 Å². The van der Waals surface area contributed by atoms with E-state index in [9.17, 15) is 9.18 Å². The van der Waals surface area contributed by atoms with Crippen LogP contribution in [0.1, 0.15) is 12.0 Å². The Labute approximate surface area is 106 Å². The van der Waals surface area contributed by atoms with Gasteiger partial charge >= 0.3 is 6.09 Å². The van der Waals surface area contributed by atoms with Crippen molar-refractivity contribution < 1.29 is 13.9 Å². The quantitative estimate of drug-likeness (QED) is 0.868. The van der Waals surface area contributed by atoms with Gasteiger partial charge in [-0.25, -0.2) is 9.18 Å². The maximum atomic E-state index is 13.8. The molecule has 1 aromatic rings. The van der Waals surface area contributed by atoms with E-state index in [4.69, 9.17) is 17.3 Å². The number of rotatable bonds is 4. The Morgan fingerprint density at radius 2 is 2.25 bits per heavy atom. The molecule has 0 aliphatic rings. The van der Waals surface area contributed by atoms with Crippen molar-refractivity contribution in [2.75, 3.05) is 5.88 Å². The first-order chi connectivity index (χ1) is 7.56. The predicted octanol–water partition coefficient (Wildman–Crippen LogP) is 3.22. The molecule has 0 unspecified atom stereocenters. The molecule has 2 N–H and O–H groups in total. The molecule has 16 heavy (non-hydrogen) atoms. The molecule has 0 aliphatic heterocycles. The van der Waals surface area contributed by atoms with Crippen LogP contribution in [-0.2, 0) is 6.42 Å². The molecule has 0 saturated carbocycles. The summed E-state index contributed by atoms with van der Waals surface area (Å²) in [6, 6.07) is 2.94. The fraction of sp³-hybridized carbons (Fsp3) is 0.300. The summed E-state index contributed by atoms with van der Waals surface area (Å²) in [6.45, 7) is 0. The van der Waals surface area contributed by atoms with Crippen LogP contribution in [-0.4, -0.2) is 12.0 Å². The summed E-state index contributed by atoms with van der Waals surface area (Å²) >= 11 is 8.76. The average Bonchev–Trinajstić information content (AvgIpc) is 2.22. The molecular weight excluding hydrogens is 300 g/mol. The minimum absolute atomic E-state index is 0.166. The molecule has 1 aromatic carbocycles. The third-order valence-electron chi connectivity index (χ3n) is 1.92. The maximum Gasteiger partial charge on any atom is 0.410 e. The Hall–Kier alpha value is -0.810. The van der Waals surface area contributed by atoms with E-state index >= 15 is 0 Å². The van der Waals surface area contributed by atoms with Crippen LogP contribution >= 0.6 is 27.5 Å². The number of nitrogens with two attached hydrogens (primary N) is 1. The molecule has 1 rings (SSSR count). The van der Waals surface area contributed by atoms with E-state index in [1.165, 1.54) is 6.07 Å². The first-order valence-corrected chi connectivity index (χ1v) is 5.89. The smallest absolute Gasteiger partial charge is 0.407 e. The Morgan fingerprint density at radius 1 is 1.56 bits per heavy atom. The van der Waals surface area contributed by atoms with Crippen LogP contribution in [0.2, 0.25) is 0 Å². The number of amides is 1. The fourth-order valence-electron chi connectivity index (χ4n) is 1.24. The predicted molar refractivity (Wildman–Crippen MR) is 63.4 cm³/mol. The van der Waals surface area contributed by atoms with E-state index in [1.807, 2.05) is 0 Å². The highest BCUT2D eigenvalue weighted by atomic mass is 79.9. The number of primary amides is 1. The second kappa shape index (κ2) is 6.06. The van der Waals surface area contributed by atoms with Crippen molar-refractivity contribution in [1.82, 2.24) is 0 Å². The summed E-state index contributed by atoms with van der Waals surface area (Å²) < 4.78 is 19.0. The van der Waals surface area contributed by atoms with E-state index in [-0.39, 0.29) is 5.75 Å². The zero-order valence-corrected chi connectivity index (χ0v) is 10.6. The second-order valence-corrected chi connectivity index (χ2v) is 4.28.